The number of nitrogens with one attached hydrogen (secondary N) is 1. The molecule has 1 unspecified atom stereocenters. The van der Waals surface area contributed by atoms with Gasteiger partial charge >= 0.3 is 0 Å². The van der Waals surface area contributed by atoms with Crippen LogP contribution in [0.25, 0.3) is 0 Å². The topological polar surface area (TPSA) is 29.9 Å². The molecule has 0 aromatic carbocycles. The molecule has 0 amide bonds. The highest BCUT2D eigenvalue weighted by molar-refractivity contribution is 5.30. The Balaban J connectivity index is 2.37. The van der Waals surface area contributed by atoms with E-state index in [0.29, 0.717) is 12.0 Å². The first-order valence-corrected chi connectivity index (χ1v) is 5.87. The van der Waals surface area contributed by atoms with Gasteiger partial charge in [0.1, 0.15) is 0 Å². The lowest BCUT2D eigenvalue weighted by molar-refractivity contribution is 0.515. The standard InChI is InChI=1S/C12H21N3/c1-8(2)15-10(4)12(9(3)14-15)11-5-6-13-7-11/h8,11,13H,5-7H2,1-4H3. The zero-order chi connectivity index (χ0) is 11.0. The molecule has 3 nitrogen and oxygen atoms in total. The minimum absolute atomic E-state index is 0.465. The molecule has 1 aliphatic rings. The van der Waals surface area contributed by atoms with Gasteiger partial charge in [0.05, 0.1) is 5.69 Å². The van der Waals surface area contributed by atoms with E-state index in [1.807, 2.05) is 0 Å². The molecular formula is C12H21N3. The highest BCUT2D eigenvalue weighted by Gasteiger charge is 2.24. The van der Waals surface area contributed by atoms with Crippen LogP contribution in [0.2, 0.25) is 0 Å². The van der Waals surface area contributed by atoms with Crippen LogP contribution in [0.4, 0.5) is 0 Å². The molecule has 84 valence electrons. The number of nitrogens with zero attached hydrogens (tertiary/aromatic N) is 2. The summed E-state index contributed by atoms with van der Waals surface area (Å²) in [5, 5.41) is 8.07. The zero-order valence-corrected chi connectivity index (χ0v) is 10.2. The SMILES string of the molecule is Cc1nn(C(C)C)c(C)c1C1CCNC1. The molecule has 1 N–H and O–H groups in total. The second kappa shape index (κ2) is 3.97. The van der Waals surface area contributed by atoms with Gasteiger partial charge in [0, 0.05) is 29.8 Å². The van der Waals surface area contributed by atoms with Gasteiger partial charge in [0.15, 0.2) is 0 Å². The molecule has 1 aromatic rings. The lowest BCUT2D eigenvalue weighted by Gasteiger charge is -2.11. The van der Waals surface area contributed by atoms with Gasteiger partial charge in [0.2, 0.25) is 0 Å². The third-order valence-electron chi connectivity index (χ3n) is 3.34. The van der Waals surface area contributed by atoms with Crippen molar-refractivity contribution in [2.45, 2.75) is 46.1 Å². The van der Waals surface area contributed by atoms with Crippen LogP contribution >= 0.6 is 0 Å². The predicted octanol–water partition coefficient (Wildman–Crippen LogP) is 2.16. The van der Waals surface area contributed by atoms with Gasteiger partial charge in [0.25, 0.3) is 0 Å². The monoisotopic (exact) mass is 207 g/mol. The van der Waals surface area contributed by atoms with Crippen molar-refractivity contribution in [3.05, 3.63) is 17.0 Å². The number of hydrogen-bond donors (Lipinski definition) is 1. The molecule has 0 aliphatic carbocycles. The Kier molecular flexibility index (Phi) is 2.83. The molecule has 1 saturated heterocycles. The molecule has 3 heteroatoms. The Morgan fingerprint density at radius 3 is 2.60 bits per heavy atom. The van der Waals surface area contributed by atoms with Crippen molar-refractivity contribution in [1.82, 2.24) is 15.1 Å². The molecule has 1 aliphatic heterocycles. The van der Waals surface area contributed by atoms with Gasteiger partial charge in [-0.2, -0.15) is 5.10 Å². The van der Waals surface area contributed by atoms with E-state index >= 15 is 0 Å². The number of rotatable bonds is 2. The predicted molar refractivity (Wildman–Crippen MR) is 62.3 cm³/mol. The van der Waals surface area contributed by atoms with E-state index in [-0.39, 0.29) is 0 Å². The largest absolute Gasteiger partial charge is 0.316 e. The molecule has 1 aromatic heterocycles. The number of aryl methyl sites for hydroxylation is 1. The fourth-order valence-corrected chi connectivity index (χ4v) is 2.67. The number of hydrogen-bond acceptors (Lipinski definition) is 2. The second-order valence-electron chi connectivity index (χ2n) is 4.81. The lowest BCUT2D eigenvalue weighted by Crippen LogP contribution is -2.10. The average molecular weight is 207 g/mol. The molecule has 0 spiro atoms. The minimum Gasteiger partial charge on any atom is -0.316 e. The zero-order valence-electron chi connectivity index (χ0n) is 10.2. The first-order chi connectivity index (χ1) is 7.11. The van der Waals surface area contributed by atoms with Crippen molar-refractivity contribution in [3.8, 4) is 0 Å². The summed E-state index contributed by atoms with van der Waals surface area (Å²) in [6.45, 7) is 11.0. The smallest absolute Gasteiger partial charge is 0.0631 e. The van der Waals surface area contributed by atoms with E-state index in [9.17, 15) is 0 Å². The summed E-state index contributed by atoms with van der Waals surface area (Å²) in [4.78, 5) is 0. The van der Waals surface area contributed by atoms with Crippen molar-refractivity contribution >= 4 is 0 Å². The van der Waals surface area contributed by atoms with Crippen molar-refractivity contribution in [2.24, 2.45) is 0 Å². The molecule has 1 fully saturated rings. The first kappa shape index (κ1) is 10.7. The Morgan fingerprint density at radius 2 is 2.13 bits per heavy atom. The van der Waals surface area contributed by atoms with Crippen molar-refractivity contribution in [1.29, 1.82) is 0 Å². The van der Waals surface area contributed by atoms with Crippen LogP contribution in [0.15, 0.2) is 0 Å². The quantitative estimate of drug-likeness (QED) is 0.805. The average Bonchev–Trinajstić information content (AvgIpc) is 2.73. The summed E-state index contributed by atoms with van der Waals surface area (Å²) in [7, 11) is 0. The van der Waals surface area contributed by atoms with Crippen LogP contribution in [0.3, 0.4) is 0 Å². The summed E-state index contributed by atoms with van der Waals surface area (Å²) >= 11 is 0. The van der Waals surface area contributed by atoms with Gasteiger partial charge < -0.3 is 5.32 Å². The third kappa shape index (κ3) is 1.81. The molecule has 0 saturated carbocycles. The van der Waals surface area contributed by atoms with E-state index in [0.717, 1.165) is 13.1 Å². The van der Waals surface area contributed by atoms with Crippen LogP contribution in [0.5, 0.6) is 0 Å². The van der Waals surface area contributed by atoms with Crippen LogP contribution in [0, 0.1) is 13.8 Å². The molecule has 2 heterocycles. The summed E-state index contributed by atoms with van der Waals surface area (Å²) in [6.07, 6.45) is 1.26. The Labute approximate surface area is 91.9 Å². The second-order valence-corrected chi connectivity index (χ2v) is 4.81. The summed E-state index contributed by atoms with van der Waals surface area (Å²) in [5.41, 5.74) is 4.06. The van der Waals surface area contributed by atoms with E-state index in [1.54, 1.807) is 0 Å². The fraction of sp³-hybridized carbons (Fsp3) is 0.750. The van der Waals surface area contributed by atoms with Gasteiger partial charge in [-0.15, -0.1) is 0 Å². The maximum atomic E-state index is 4.64. The molecule has 0 radical (unpaired) electrons. The number of aromatic nitrogens is 2. The highest BCUT2D eigenvalue weighted by Crippen LogP contribution is 2.29. The van der Waals surface area contributed by atoms with E-state index in [1.165, 1.54) is 23.4 Å². The van der Waals surface area contributed by atoms with Gasteiger partial charge in [-0.3, -0.25) is 4.68 Å². The van der Waals surface area contributed by atoms with Crippen LogP contribution in [0.1, 0.15) is 49.2 Å². The molecule has 2 rings (SSSR count). The normalized spacial score (nSPS) is 21.5. The van der Waals surface area contributed by atoms with Crippen molar-refractivity contribution in [3.63, 3.8) is 0 Å². The van der Waals surface area contributed by atoms with Crippen molar-refractivity contribution < 1.29 is 0 Å². The van der Waals surface area contributed by atoms with Crippen LogP contribution in [-0.2, 0) is 0 Å². The Morgan fingerprint density at radius 1 is 1.40 bits per heavy atom. The maximum Gasteiger partial charge on any atom is 0.0631 e. The summed E-state index contributed by atoms with van der Waals surface area (Å²) in [6, 6.07) is 0.465. The highest BCUT2D eigenvalue weighted by atomic mass is 15.3. The molecule has 1 atom stereocenters. The lowest BCUT2D eigenvalue weighted by atomic mass is 9.96. The van der Waals surface area contributed by atoms with E-state index in [4.69, 9.17) is 0 Å². The van der Waals surface area contributed by atoms with E-state index < -0.39 is 0 Å². The summed E-state index contributed by atoms with van der Waals surface area (Å²) < 4.78 is 2.16. The van der Waals surface area contributed by atoms with Crippen LogP contribution in [-0.4, -0.2) is 22.9 Å². The molecular weight excluding hydrogens is 186 g/mol. The maximum absolute atomic E-state index is 4.64. The van der Waals surface area contributed by atoms with E-state index in [2.05, 4.69) is 42.8 Å². The van der Waals surface area contributed by atoms with Gasteiger partial charge in [-0.1, -0.05) is 0 Å². The van der Waals surface area contributed by atoms with Crippen LogP contribution < -0.4 is 5.32 Å². The van der Waals surface area contributed by atoms with Gasteiger partial charge in [-0.05, 0) is 40.7 Å². The molecule has 0 bridgehead atoms. The fourth-order valence-electron chi connectivity index (χ4n) is 2.67. The Hall–Kier alpha value is -0.830. The molecule has 15 heavy (non-hydrogen) atoms. The third-order valence-corrected chi connectivity index (χ3v) is 3.34. The van der Waals surface area contributed by atoms with Gasteiger partial charge in [-0.25, -0.2) is 0 Å². The summed E-state index contributed by atoms with van der Waals surface area (Å²) in [5.74, 6) is 0.678. The Bertz CT molecular complexity index is 346. The van der Waals surface area contributed by atoms with Crippen molar-refractivity contribution in [2.75, 3.05) is 13.1 Å². The first-order valence-electron chi connectivity index (χ1n) is 5.87. The minimum atomic E-state index is 0.465.